The molecule has 0 spiro atoms. The molecule has 1 amide bonds. The summed E-state index contributed by atoms with van der Waals surface area (Å²) in [5.41, 5.74) is 0.862. The van der Waals surface area contributed by atoms with Crippen molar-refractivity contribution in [2.45, 2.75) is 17.9 Å². The lowest BCUT2D eigenvalue weighted by Gasteiger charge is -2.13. The van der Waals surface area contributed by atoms with Crippen molar-refractivity contribution in [3.05, 3.63) is 88.4 Å². The van der Waals surface area contributed by atoms with Crippen molar-refractivity contribution >= 4 is 33.2 Å². The molecular formula is C21H17ClF2N2O4S. The van der Waals surface area contributed by atoms with Crippen LogP contribution in [0.4, 0.5) is 14.5 Å². The maximum atomic E-state index is 13.1. The highest BCUT2D eigenvalue weighted by atomic mass is 35.5. The molecule has 0 aliphatic carbocycles. The third-order valence-corrected chi connectivity index (χ3v) is 5.58. The Hall–Kier alpha value is -3.01. The first kappa shape index (κ1) is 22.7. The number of carbonyl (C=O) groups excluding carboxylic acids is 1. The van der Waals surface area contributed by atoms with Gasteiger partial charge in [0.1, 0.15) is 24.0 Å². The van der Waals surface area contributed by atoms with Crippen LogP contribution in [0, 0.1) is 11.6 Å². The second kappa shape index (κ2) is 9.42. The third-order valence-electron chi connectivity index (χ3n) is 4.23. The number of nitrogens with two attached hydrogens (primary N) is 1. The largest absolute Gasteiger partial charge is 0.489 e. The van der Waals surface area contributed by atoms with Gasteiger partial charge in [0.25, 0.3) is 0 Å². The van der Waals surface area contributed by atoms with Gasteiger partial charge < -0.3 is 10.1 Å². The van der Waals surface area contributed by atoms with Gasteiger partial charge in [0, 0.05) is 16.3 Å². The molecule has 3 N–H and O–H groups in total. The van der Waals surface area contributed by atoms with Crippen LogP contribution < -0.4 is 15.2 Å². The van der Waals surface area contributed by atoms with Crippen molar-refractivity contribution in [2.75, 3.05) is 5.32 Å². The fraction of sp³-hybridized carbons (Fsp3) is 0.0952. The van der Waals surface area contributed by atoms with Gasteiger partial charge in [0.05, 0.1) is 11.3 Å². The van der Waals surface area contributed by atoms with E-state index in [1.165, 1.54) is 54.6 Å². The first-order chi connectivity index (χ1) is 14.6. The molecule has 3 aromatic carbocycles. The lowest BCUT2D eigenvalue weighted by Crippen LogP contribution is -2.18. The van der Waals surface area contributed by atoms with Crippen LogP contribution in [0.1, 0.15) is 11.1 Å². The van der Waals surface area contributed by atoms with Crippen LogP contribution in [0.5, 0.6) is 5.75 Å². The minimum absolute atomic E-state index is 0.105. The summed E-state index contributed by atoms with van der Waals surface area (Å²) in [6.07, 6.45) is -0.140. The van der Waals surface area contributed by atoms with Crippen LogP contribution in [0.25, 0.3) is 0 Å². The molecule has 0 aromatic heterocycles. The first-order valence-electron chi connectivity index (χ1n) is 8.90. The van der Waals surface area contributed by atoms with Crippen LogP contribution in [0.3, 0.4) is 0 Å². The summed E-state index contributed by atoms with van der Waals surface area (Å²) in [5.74, 6) is -1.09. The average Bonchev–Trinajstić information content (AvgIpc) is 2.69. The SMILES string of the molecule is NS(=O)(=O)c1cc(NC(=O)Cc2ccc(F)cc2Cl)ccc1COc1ccc(F)cc1. The number of nitrogens with one attached hydrogen (secondary N) is 1. The number of carbonyl (C=O) groups is 1. The van der Waals surface area contributed by atoms with E-state index in [0.29, 0.717) is 11.3 Å². The van der Waals surface area contributed by atoms with E-state index in [9.17, 15) is 22.0 Å². The average molecular weight is 467 g/mol. The van der Waals surface area contributed by atoms with Gasteiger partial charge in [-0.05, 0) is 54.1 Å². The quantitative estimate of drug-likeness (QED) is 0.549. The van der Waals surface area contributed by atoms with E-state index in [2.05, 4.69) is 5.32 Å². The Morgan fingerprint density at radius 1 is 0.968 bits per heavy atom. The zero-order valence-electron chi connectivity index (χ0n) is 15.9. The molecule has 0 aliphatic rings. The molecule has 0 heterocycles. The minimum Gasteiger partial charge on any atom is -0.489 e. The standard InChI is InChI=1S/C21H17ClF2N2O4S/c22-19-10-16(24)3-1-13(19)9-21(27)26-17-6-2-14(20(11-17)31(25,28)29)12-30-18-7-4-15(23)5-8-18/h1-8,10-11H,9,12H2,(H,26,27)(H2,25,28,29). The van der Waals surface area contributed by atoms with E-state index in [0.717, 1.165) is 6.07 Å². The molecule has 0 radical (unpaired) electrons. The molecule has 0 bridgehead atoms. The minimum atomic E-state index is -4.13. The maximum absolute atomic E-state index is 13.1. The van der Waals surface area contributed by atoms with Crippen molar-refractivity contribution in [3.63, 3.8) is 0 Å². The fourth-order valence-corrected chi connectivity index (χ4v) is 3.77. The number of halogens is 3. The lowest BCUT2D eigenvalue weighted by molar-refractivity contribution is -0.115. The third kappa shape index (κ3) is 6.24. The smallest absolute Gasteiger partial charge is 0.238 e. The van der Waals surface area contributed by atoms with Crippen LogP contribution >= 0.6 is 11.6 Å². The number of benzene rings is 3. The Morgan fingerprint density at radius 2 is 1.61 bits per heavy atom. The van der Waals surface area contributed by atoms with Gasteiger partial charge in [-0.3, -0.25) is 4.79 Å². The predicted molar refractivity (Wildman–Crippen MR) is 112 cm³/mol. The zero-order chi connectivity index (χ0) is 22.6. The normalized spacial score (nSPS) is 11.2. The molecule has 10 heteroatoms. The van der Waals surface area contributed by atoms with Crippen LogP contribution in [-0.4, -0.2) is 14.3 Å². The van der Waals surface area contributed by atoms with Crippen LogP contribution in [-0.2, 0) is 27.8 Å². The van der Waals surface area contributed by atoms with E-state index in [-0.39, 0.29) is 34.2 Å². The van der Waals surface area contributed by atoms with Gasteiger partial charge in [-0.2, -0.15) is 0 Å². The number of ether oxygens (including phenoxy) is 1. The van der Waals surface area contributed by atoms with Gasteiger partial charge in [-0.15, -0.1) is 0 Å². The van der Waals surface area contributed by atoms with Crippen LogP contribution in [0.15, 0.2) is 65.6 Å². The highest BCUT2D eigenvalue weighted by Gasteiger charge is 2.17. The number of hydrogen-bond donors (Lipinski definition) is 2. The Bertz CT molecular complexity index is 1220. The molecule has 0 fully saturated rings. The Balaban J connectivity index is 1.75. The Morgan fingerprint density at radius 3 is 2.26 bits per heavy atom. The van der Waals surface area contributed by atoms with Gasteiger partial charge in [0.2, 0.25) is 15.9 Å². The fourth-order valence-electron chi connectivity index (χ4n) is 2.75. The van der Waals surface area contributed by atoms with Crippen molar-refractivity contribution in [3.8, 4) is 5.75 Å². The molecule has 162 valence electrons. The summed E-state index contributed by atoms with van der Waals surface area (Å²) >= 11 is 5.93. The second-order valence-corrected chi connectivity index (χ2v) is 8.51. The van der Waals surface area contributed by atoms with Crippen molar-refractivity contribution in [1.82, 2.24) is 0 Å². The van der Waals surface area contributed by atoms with Crippen LogP contribution in [0.2, 0.25) is 5.02 Å². The van der Waals surface area contributed by atoms with Gasteiger partial charge in [-0.1, -0.05) is 23.7 Å². The van der Waals surface area contributed by atoms with Crippen molar-refractivity contribution in [1.29, 1.82) is 0 Å². The first-order valence-corrected chi connectivity index (χ1v) is 10.8. The summed E-state index contributed by atoms with van der Waals surface area (Å²) in [5, 5.41) is 7.97. The molecule has 3 rings (SSSR count). The molecular weight excluding hydrogens is 450 g/mol. The number of sulfonamides is 1. The second-order valence-electron chi connectivity index (χ2n) is 6.57. The molecule has 0 atom stereocenters. The van der Waals surface area contributed by atoms with E-state index < -0.39 is 27.6 Å². The van der Waals surface area contributed by atoms with Crippen molar-refractivity contribution < 1.29 is 26.7 Å². The zero-order valence-corrected chi connectivity index (χ0v) is 17.5. The Labute approximate surface area is 182 Å². The molecule has 0 unspecified atom stereocenters. The number of rotatable bonds is 7. The van der Waals surface area contributed by atoms with Crippen molar-refractivity contribution in [2.24, 2.45) is 5.14 Å². The summed E-state index contributed by atoms with van der Waals surface area (Å²) < 4.78 is 55.7. The maximum Gasteiger partial charge on any atom is 0.238 e. The number of hydrogen-bond acceptors (Lipinski definition) is 4. The van der Waals surface area contributed by atoms with E-state index in [1.807, 2.05) is 0 Å². The van der Waals surface area contributed by atoms with Gasteiger partial charge >= 0.3 is 0 Å². The number of primary sulfonamides is 1. The summed E-state index contributed by atoms with van der Waals surface area (Å²) in [4.78, 5) is 12.1. The molecule has 3 aromatic rings. The highest BCUT2D eigenvalue weighted by Crippen LogP contribution is 2.23. The molecule has 0 saturated carbocycles. The highest BCUT2D eigenvalue weighted by molar-refractivity contribution is 7.89. The molecule has 0 saturated heterocycles. The van der Waals surface area contributed by atoms with E-state index in [4.69, 9.17) is 21.5 Å². The Kier molecular flexibility index (Phi) is 6.89. The molecule has 0 aliphatic heterocycles. The topological polar surface area (TPSA) is 98.5 Å². The monoisotopic (exact) mass is 466 g/mol. The lowest BCUT2D eigenvalue weighted by atomic mass is 10.1. The van der Waals surface area contributed by atoms with Gasteiger partial charge in [-0.25, -0.2) is 22.3 Å². The van der Waals surface area contributed by atoms with Gasteiger partial charge in [0.15, 0.2) is 0 Å². The summed E-state index contributed by atoms with van der Waals surface area (Å²) in [6, 6.07) is 13.0. The molecule has 6 nitrogen and oxygen atoms in total. The molecule has 31 heavy (non-hydrogen) atoms. The van der Waals surface area contributed by atoms with E-state index in [1.54, 1.807) is 0 Å². The summed E-state index contributed by atoms with van der Waals surface area (Å²) in [6.45, 7) is -0.142. The van der Waals surface area contributed by atoms with E-state index >= 15 is 0 Å². The predicted octanol–water partition coefficient (Wildman–Crippen LogP) is 4.03. The number of amides is 1. The summed E-state index contributed by atoms with van der Waals surface area (Å²) in [7, 11) is -4.13. The number of anilines is 1.